The first-order valence-corrected chi connectivity index (χ1v) is 8.37. The quantitative estimate of drug-likeness (QED) is 0.645. The molecule has 0 saturated heterocycles. The van der Waals surface area contributed by atoms with E-state index in [4.69, 9.17) is 32.7 Å². The lowest BCUT2D eigenvalue weighted by molar-refractivity contribution is -0.137. The van der Waals surface area contributed by atoms with Gasteiger partial charge in [0.15, 0.2) is 11.7 Å². The number of hydrogen-bond donors (Lipinski definition) is 1. The third-order valence-electron chi connectivity index (χ3n) is 3.59. The van der Waals surface area contributed by atoms with Gasteiger partial charge in [-0.2, -0.15) is 0 Å². The number of hydrogen-bond acceptors (Lipinski definition) is 4. The Morgan fingerprint density at radius 3 is 2.52 bits per heavy atom. The molecule has 0 unspecified atom stereocenters. The number of carbonyl (C=O) groups is 1. The van der Waals surface area contributed by atoms with Gasteiger partial charge in [0.05, 0.1) is 10.0 Å². The van der Waals surface area contributed by atoms with Crippen LogP contribution in [-0.2, 0) is 11.2 Å². The van der Waals surface area contributed by atoms with Crippen LogP contribution in [0.25, 0.3) is 22.6 Å². The molecule has 0 aliphatic heterocycles. The molecule has 25 heavy (non-hydrogen) atoms. The number of pyridine rings is 1. The maximum absolute atomic E-state index is 10.7. The van der Waals surface area contributed by atoms with Crippen molar-refractivity contribution >= 4 is 29.2 Å². The Morgan fingerprint density at radius 2 is 1.84 bits per heavy atom. The minimum atomic E-state index is -0.842. The van der Waals surface area contributed by atoms with Crippen LogP contribution in [0.4, 0.5) is 0 Å². The molecule has 0 atom stereocenters. The molecule has 3 aromatic rings. The van der Waals surface area contributed by atoms with E-state index in [0.29, 0.717) is 40.2 Å². The van der Waals surface area contributed by atoms with Crippen LogP contribution in [0, 0.1) is 0 Å². The van der Waals surface area contributed by atoms with Crippen LogP contribution in [0.3, 0.4) is 0 Å². The van der Waals surface area contributed by atoms with Crippen LogP contribution in [0.15, 0.2) is 47.1 Å². The van der Waals surface area contributed by atoms with Gasteiger partial charge in [0.1, 0.15) is 5.69 Å². The molecule has 0 amide bonds. The first kappa shape index (κ1) is 17.5. The predicted molar refractivity (Wildman–Crippen MR) is 95.8 cm³/mol. The van der Waals surface area contributed by atoms with E-state index < -0.39 is 5.97 Å². The average molecular weight is 377 g/mol. The highest BCUT2D eigenvalue weighted by Gasteiger charge is 2.18. The van der Waals surface area contributed by atoms with Crippen LogP contribution in [0.1, 0.15) is 18.7 Å². The molecule has 128 valence electrons. The molecule has 5 nitrogen and oxygen atoms in total. The summed E-state index contributed by atoms with van der Waals surface area (Å²) < 4.78 is 5.90. The maximum atomic E-state index is 10.7. The van der Waals surface area contributed by atoms with E-state index in [1.165, 1.54) is 0 Å². The summed E-state index contributed by atoms with van der Waals surface area (Å²) in [6, 6.07) is 8.89. The highest BCUT2D eigenvalue weighted by molar-refractivity contribution is 6.42. The van der Waals surface area contributed by atoms with Gasteiger partial charge < -0.3 is 9.52 Å². The normalized spacial score (nSPS) is 10.8. The Balaban J connectivity index is 2.00. The fourth-order valence-electron chi connectivity index (χ4n) is 2.40. The first-order valence-electron chi connectivity index (χ1n) is 7.62. The van der Waals surface area contributed by atoms with E-state index in [1.807, 2.05) is 18.2 Å². The third-order valence-corrected chi connectivity index (χ3v) is 4.33. The van der Waals surface area contributed by atoms with Crippen molar-refractivity contribution in [2.75, 3.05) is 0 Å². The van der Waals surface area contributed by atoms with Crippen molar-refractivity contribution in [1.82, 2.24) is 9.97 Å². The maximum Gasteiger partial charge on any atom is 0.303 e. The minimum Gasteiger partial charge on any atom is -0.481 e. The number of halogens is 2. The van der Waals surface area contributed by atoms with E-state index in [1.54, 1.807) is 24.5 Å². The van der Waals surface area contributed by atoms with Crippen LogP contribution < -0.4 is 0 Å². The number of benzene rings is 1. The predicted octanol–water partition coefficient (Wildman–Crippen LogP) is 5.12. The Bertz CT molecular complexity index is 895. The molecule has 0 radical (unpaired) electrons. The third kappa shape index (κ3) is 4.18. The molecule has 2 heterocycles. The van der Waals surface area contributed by atoms with Crippen LogP contribution >= 0.6 is 23.2 Å². The zero-order valence-electron chi connectivity index (χ0n) is 13.1. The largest absolute Gasteiger partial charge is 0.481 e. The van der Waals surface area contributed by atoms with E-state index in [0.717, 1.165) is 11.1 Å². The van der Waals surface area contributed by atoms with Crippen LogP contribution in [0.2, 0.25) is 10.0 Å². The van der Waals surface area contributed by atoms with E-state index >= 15 is 0 Å². The molecule has 0 aliphatic carbocycles. The van der Waals surface area contributed by atoms with Gasteiger partial charge in [-0.25, -0.2) is 4.98 Å². The summed E-state index contributed by atoms with van der Waals surface area (Å²) in [4.78, 5) is 19.2. The van der Waals surface area contributed by atoms with Crippen molar-refractivity contribution < 1.29 is 14.3 Å². The molecule has 2 aromatic heterocycles. The van der Waals surface area contributed by atoms with Crippen molar-refractivity contribution in [2.45, 2.75) is 19.3 Å². The molecule has 0 aliphatic rings. The second-order valence-electron chi connectivity index (χ2n) is 5.40. The summed E-state index contributed by atoms with van der Waals surface area (Å²) in [7, 11) is 0. The van der Waals surface area contributed by atoms with Crippen molar-refractivity contribution in [3.63, 3.8) is 0 Å². The molecule has 0 bridgehead atoms. The average Bonchev–Trinajstić information content (AvgIpc) is 3.02. The lowest BCUT2D eigenvalue weighted by Crippen LogP contribution is -1.95. The summed E-state index contributed by atoms with van der Waals surface area (Å²) in [5, 5.41) is 9.66. The SMILES string of the molecule is O=C(O)CCCc1nc(-c2ccc(Cl)c(Cl)c2)c(-c2ccncc2)o1. The zero-order valence-corrected chi connectivity index (χ0v) is 14.6. The summed E-state index contributed by atoms with van der Waals surface area (Å²) in [6.45, 7) is 0. The molecule has 1 aromatic carbocycles. The van der Waals surface area contributed by atoms with Gasteiger partial charge >= 0.3 is 5.97 Å². The number of oxazole rings is 1. The fourth-order valence-corrected chi connectivity index (χ4v) is 2.70. The number of nitrogens with zero attached hydrogens (tertiary/aromatic N) is 2. The number of carboxylic acid groups (broad SMARTS) is 1. The number of aryl methyl sites for hydroxylation is 1. The van der Waals surface area contributed by atoms with Gasteiger partial charge in [0.2, 0.25) is 0 Å². The monoisotopic (exact) mass is 376 g/mol. The summed E-state index contributed by atoms with van der Waals surface area (Å²) in [5.41, 5.74) is 2.23. The van der Waals surface area contributed by atoms with Crippen LogP contribution in [0.5, 0.6) is 0 Å². The number of rotatable bonds is 6. The van der Waals surface area contributed by atoms with Crippen molar-refractivity contribution in [3.05, 3.63) is 58.7 Å². The lowest BCUT2D eigenvalue weighted by atomic mass is 10.1. The molecular weight excluding hydrogens is 363 g/mol. The van der Waals surface area contributed by atoms with Gasteiger partial charge in [-0.3, -0.25) is 9.78 Å². The topological polar surface area (TPSA) is 76.2 Å². The highest BCUT2D eigenvalue weighted by atomic mass is 35.5. The first-order chi connectivity index (χ1) is 12.0. The van der Waals surface area contributed by atoms with Crippen LogP contribution in [-0.4, -0.2) is 21.0 Å². The van der Waals surface area contributed by atoms with Crippen molar-refractivity contribution in [3.8, 4) is 22.6 Å². The summed E-state index contributed by atoms with van der Waals surface area (Å²) in [6.07, 6.45) is 4.29. The minimum absolute atomic E-state index is 0.0646. The number of aliphatic carboxylic acids is 1. The number of carboxylic acids is 1. The Morgan fingerprint density at radius 1 is 1.08 bits per heavy atom. The fraction of sp³-hybridized carbons (Fsp3) is 0.167. The lowest BCUT2D eigenvalue weighted by Gasteiger charge is -2.03. The standard InChI is InChI=1S/C18H14Cl2N2O3/c19-13-5-4-12(10-14(13)20)17-18(11-6-8-21-9-7-11)25-15(22-17)2-1-3-16(23)24/h4-10H,1-3H2,(H,23,24). The van der Waals surface area contributed by atoms with Gasteiger partial charge in [-0.15, -0.1) is 0 Å². The Labute approximate surface area is 154 Å². The number of aromatic nitrogens is 2. The smallest absolute Gasteiger partial charge is 0.303 e. The molecule has 0 fully saturated rings. The molecule has 0 spiro atoms. The Hall–Kier alpha value is -2.37. The van der Waals surface area contributed by atoms with E-state index in [9.17, 15) is 4.79 Å². The Kier molecular flexibility index (Phi) is 5.36. The van der Waals surface area contributed by atoms with E-state index in [-0.39, 0.29) is 6.42 Å². The molecule has 7 heteroatoms. The zero-order chi connectivity index (χ0) is 17.8. The van der Waals surface area contributed by atoms with E-state index in [2.05, 4.69) is 9.97 Å². The second kappa shape index (κ2) is 7.68. The highest BCUT2D eigenvalue weighted by Crippen LogP contribution is 2.35. The van der Waals surface area contributed by atoms with Gasteiger partial charge in [-0.1, -0.05) is 29.3 Å². The molecule has 0 saturated carbocycles. The van der Waals surface area contributed by atoms with Gasteiger partial charge in [0.25, 0.3) is 0 Å². The summed E-state index contributed by atoms with van der Waals surface area (Å²) in [5.74, 6) is 0.228. The van der Waals surface area contributed by atoms with Gasteiger partial charge in [-0.05, 0) is 30.7 Å². The van der Waals surface area contributed by atoms with Gasteiger partial charge in [0, 0.05) is 36.4 Å². The van der Waals surface area contributed by atoms with Crippen molar-refractivity contribution in [2.24, 2.45) is 0 Å². The molecular formula is C18H14Cl2N2O3. The summed E-state index contributed by atoms with van der Waals surface area (Å²) >= 11 is 12.1. The van der Waals surface area contributed by atoms with Crippen molar-refractivity contribution in [1.29, 1.82) is 0 Å². The molecule has 1 N–H and O–H groups in total. The second-order valence-corrected chi connectivity index (χ2v) is 6.21. The molecule has 3 rings (SSSR count).